The Balaban J connectivity index is 1.49. The Morgan fingerprint density at radius 1 is 0.679 bits per heavy atom. The zero-order valence-electron chi connectivity index (χ0n) is 33.2. The molecule has 4 aliphatic rings. The molecule has 14 heteroatoms. The highest BCUT2D eigenvalue weighted by Crippen LogP contribution is 2.46. The third-order valence-electron chi connectivity index (χ3n) is 10.4. The van der Waals surface area contributed by atoms with Crippen LogP contribution in [0.4, 0.5) is 0 Å². The summed E-state index contributed by atoms with van der Waals surface area (Å²) in [6, 6.07) is 7.96. The van der Waals surface area contributed by atoms with Gasteiger partial charge in [0.1, 0.15) is 48.6 Å². The van der Waals surface area contributed by atoms with Gasteiger partial charge in [-0.1, -0.05) is 40.9 Å². The fraction of sp³-hybridized carbons (Fsp3) is 0.524. The summed E-state index contributed by atoms with van der Waals surface area (Å²) in [4.78, 5) is 55.2. The van der Waals surface area contributed by atoms with Gasteiger partial charge in [0.05, 0.1) is 11.1 Å². The van der Waals surface area contributed by atoms with Crippen LogP contribution in [0.5, 0.6) is 0 Å². The Hall–Kier alpha value is -6.12. The minimum absolute atomic E-state index is 0.154. The first-order valence-electron chi connectivity index (χ1n) is 18.7. The molecule has 0 radical (unpaired) electrons. The van der Waals surface area contributed by atoms with Crippen LogP contribution in [0, 0.1) is 56.2 Å². The standard InChI is InChI=1S/C42H50N8O6/c1-25(2)37(51)47-27-9-11-49(23-27)35-17-41(5,6)15-29(31(35)19-43)33(21-45)39(53)55-13-14-56-40(54)34(22-46)30-16-42(7,8)18-36(32(30)20-44)50-12-10-28(24-50)48-38(52)26(3)4/h27-28H,1,3,9-18,23-24H2,2,4-8H3,(H,47,51)(H,48,52)/b33-29+,34-30+. The van der Waals surface area contributed by atoms with Crippen LogP contribution in [-0.4, -0.2) is 85.0 Å². The Kier molecular flexibility index (Phi) is 13.4. The monoisotopic (exact) mass is 762 g/mol. The van der Waals surface area contributed by atoms with E-state index in [1.54, 1.807) is 13.8 Å². The Morgan fingerprint density at radius 2 is 1.04 bits per heavy atom. The van der Waals surface area contributed by atoms with Crippen molar-refractivity contribution in [3.8, 4) is 24.3 Å². The maximum Gasteiger partial charge on any atom is 0.349 e. The van der Waals surface area contributed by atoms with Gasteiger partial charge < -0.3 is 29.9 Å². The third-order valence-corrected chi connectivity index (χ3v) is 10.4. The molecule has 2 N–H and O–H groups in total. The number of allylic oxidation sites excluding steroid dienone is 6. The highest BCUT2D eigenvalue weighted by Gasteiger charge is 2.40. The molecule has 2 aliphatic carbocycles. The molecule has 2 saturated heterocycles. The lowest BCUT2D eigenvalue weighted by Gasteiger charge is -2.37. The molecule has 2 atom stereocenters. The van der Waals surface area contributed by atoms with Gasteiger partial charge in [-0.25, -0.2) is 9.59 Å². The number of hydrogen-bond acceptors (Lipinski definition) is 12. The van der Waals surface area contributed by atoms with E-state index in [2.05, 4.69) is 35.9 Å². The summed E-state index contributed by atoms with van der Waals surface area (Å²) in [6.07, 6.45) is 2.88. The molecule has 56 heavy (non-hydrogen) atoms. The molecule has 0 aromatic rings. The average molecular weight is 763 g/mol. The first kappa shape index (κ1) is 42.6. The average Bonchev–Trinajstić information content (AvgIpc) is 3.79. The number of amides is 2. The largest absolute Gasteiger partial charge is 0.458 e. The zero-order valence-corrected chi connectivity index (χ0v) is 33.2. The maximum atomic E-state index is 13.3. The van der Waals surface area contributed by atoms with Crippen LogP contribution in [-0.2, 0) is 28.7 Å². The van der Waals surface area contributed by atoms with Crippen LogP contribution < -0.4 is 10.6 Å². The van der Waals surface area contributed by atoms with Crippen molar-refractivity contribution < 1.29 is 28.7 Å². The number of carbonyl (C=O) groups excluding carboxylic acids is 4. The maximum absolute atomic E-state index is 13.3. The van der Waals surface area contributed by atoms with E-state index in [4.69, 9.17) is 9.47 Å². The van der Waals surface area contributed by atoms with Crippen molar-refractivity contribution in [2.45, 2.75) is 92.2 Å². The van der Waals surface area contributed by atoms with Gasteiger partial charge in [-0.3, -0.25) is 9.59 Å². The predicted octanol–water partition coefficient (Wildman–Crippen LogP) is 4.44. The molecule has 0 aromatic heterocycles. The first-order chi connectivity index (χ1) is 26.3. The van der Waals surface area contributed by atoms with Crippen molar-refractivity contribution in [1.82, 2.24) is 20.4 Å². The van der Waals surface area contributed by atoms with E-state index in [9.17, 15) is 40.2 Å². The summed E-state index contributed by atoms with van der Waals surface area (Å²) >= 11 is 0. The quantitative estimate of drug-likeness (QED) is 0.129. The molecule has 2 fully saturated rings. The minimum Gasteiger partial charge on any atom is -0.458 e. The van der Waals surface area contributed by atoms with Crippen molar-refractivity contribution in [3.63, 3.8) is 0 Å². The number of nitriles is 4. The molecular weight excluding hydrogens is 713 g/mol. The summed E-state index contributed by atoms with van der Waals surface area (Å²) in [6.45, 7) is 19.7. The smallest absolute Gasteiger partial charge is 0.349 e. The molecule has 2 unspecified atom stereocenters. The molecule has 2 aliphatic heterocycles. The highest BCUT2D eigenvalue weighted by molar-refractivity contribution is 5.96. The van der Waals surface area contributed by atoms with Crippen molar-refractivity contribution in [2.75, 3.05) is 39.4 Å². The van der Waals surface area contributed by atoms with Crippen LogP contribution >= 0.6 is 0 Å². The molecule has 0 bridgehead atoms. The third kappa shape index (κ3) is 9.94. The zero-order chi connectivity index (χ0) is 41.5. The van der Waals surface area contributed by atoms with Gasteiger partial charge in [0.15, 0.2) is 0 Å². The van der Waals surface area contributed by atoms with E-state index in [0.717, 1.165) is 0 Å². The van der Waals surface area contributed by atoms with E-state index in [1.165, 1.54) is 0 Å². The molecule has 294 valence electrons. The molecule has 0 aromatic carbocycles. The molecule has 2 heterocycles. The van der Waals surface area contributed by atoms with Crippen LogP contribution in [0.2, 0.25) is 0 Å². The van der Waals surface area contributed by atoms with Gasteiger partial charge in [0, 0.05) is 60.8 Å². The molecule has 0 saturated carbocycles. The molecular formula is C42H50N8O6. The van der Waals surface area contributed by atoms with E-state index in [-0.39, 0.29) is 70.2 Å². The lowest BCUT2D eigenvalue weighted by Crippen LogP contribution is -2.38. The van der Waals surface area contributed by atoms with Gasteiger partial charge >= 0.3 is 11.9 Å². The van der Waals surface area contributed by atoms with Crippen LogP contribution in [0.1, 0.15) is 80.1 Å². The van der Waals surface area contributed by atoms with Crippen molar-refractivity contribution in [3.05, 3.63) is 69.1 Å². The van der Waals surface area contributed by atoms with Gasteiger partial charge in [0.25, 0.3) is 0 Å². The highest BCUT2D eigenvalue weighted by atomic mass is 16.6. The van der Waals surface area contributed by atoms with Gasteiger partial charge in [0.2, 0.25) is 11.8 Å². The first-order valence-corrected chi connectivity index (χ1v) is 18.7. The number of carbonyl (C=O) groups is 4. The number of esters is 2. The molecule has 0 spiro atoms. The van der Waals surface area contributed by atoms with E-state index >= 15 is 0 Å². The van der Waals surface area contributed by atoms with Gasteiger partial charge in [-0.15, -0.1) is 0 Å². The number of nitrogens with zero attached hydrogens (tertiary/aromatic N) is 6. The van der Waals surface area contributed by atoms with Crippen molar-refractivity contribution in [1.29, 1.82) is 21.0 Å². The van der Waals surface area contributed by atoms with Crippen molar-refractivity contribution >= 4 is 23.8 Å². The summed E-state index contributed by atoms with van der Waals surface area (Å²) in [7, 11) is 0. The Morgan fingerprint density at radius 3 is 1.34 bits per heavy atom. The fourth-order valence-corrected chi connectivity index (χ4v) is 7.67. The Bertz CT molecular complexity index is 1880. The van der Waals surface area contributed by atoms with Crippen LogP contribution in [0.15, 0.2) is 69.1 Å². The number of ether oxygens (including phenoxy) is 2. The normalized spacial score (nSPS) is 23.1. The second-order valence-corrected chi connectivity index (χ2v) is 16.5. The number of likely N-dealkylation sites (tertiary alicyclic amines) is 2. The molecule has 14 nitrogen and oxygen atoms in total. The number of rotatable bonds is 11. The predicted molar refractivity (Wildman–Crippen MR) is 204 cm³/mol. The summed E-state index contributed by atoms with van der Waals surface area (Å²) in [5.74, 6) is -2.45. The van der Waals surface area contributed by atoms with Gasteiger partial charge in [-0.05, 0) is 74.3 Å². The summed E-state index contributed by atoms with van der Waals surface area (Å²) in [5.41, 5.74) is 1.67. The van der Waals surface area contributed by atoms with E-state index in [1.807, 2.05) is 49.6 Å². The van der Waals surface area contributed by atoms with Crippen LogP contribution in [0.25, 0.3) is 0 Å². The van der Waals surface area contributed by atoms with Gasteiger partial charge in [-0.2, -0.15) is 21.0 Å². The minimum atomic E-state index is -0.980. The summed E-state index contributed by atoms with van der Waals surface area (Å²) in [5, 5.41) is 46.8. The van der Waals surface area contributed by atoms with E-state index < -0.39 is 36.0 Å². The van der Waals surface area contributed by atoms with E-state index in [0.29, 0.717) is 74.4 Å². The van der Waals surface area contributed by atoms with Crippen molar-refractivity contribution in [2.24, 2.45) is 10.8 Å². The molecule has 4 rings (SSSR count). The second-order valence-electron chi connectivity index (χ2n) is 16.5. The Labute approximate surface area is 329 Å². The second kappa shape index (κ2) is 17.6. The SMILES string of the molecule is C=C(C)C(=O)NC1CCN(C2=C(C#N)/C(=C(\C#N)C(=O)OCCOC(=O)/C(C#N)=C3\CC(C)(C)CC(N4CCC(NC(=O)C(=C)C)C4)=C3C#N)CC(C)(C)C2)C1. The topological polar surface area (TPSA) is 212 Å². The lowest BCUT2D eigenvalue weighted by molar-refractivity contribution is -0.146. The number of nitrogens with one attached hydrogen (secondary N) is 2. The molecule has 2 amide bonds. The van der Waals surface area contributed by atoms with Crippen LogP contribution in [0.3, 0.4) is 0 Å². The lowest BCUT2D eigenvalue weighted by atomic mass is 9.72. The number of hydrogen-bond donors (Lipinski definition) is 2. The fourth-order valence-electron chi connectivity index (χ4n) is 7.67. The summed E-state index contributed by atoms with van der Waals surface area (Å²) < 4.78 is 10.7.